The van der Waals surface area contributed by atoms with E-state index in [1.165, 1.54) is 0 Å². The van der Waals surface area contributed by atoms with Crippen molar-refractivity contribution in [1.29, 1.82) is 0 Å². The first-order valence-corrected chi connectivity index (χ1v) is 9.17. The van der Waals surface area contributed by atoms with Gasteiger partial charge in [0.15, 0.2) is 5.82 Å². The van der Waals surface area contributed by atoms with Gasteiger partial charge in [0.25, 0.3) is 0 Å². The van der Waals surface area contributed by atoms with Gasteiger partial charge in [0.2, 0.25) is 11.8 Å². The summed E-state index contributed by atoms with van der Waals surface area (Å²) in [5.41, 5.74) is 0.756. The molecule has 0 saturated heterocycles. The number of benzene rings is 1. The molecule has 1 N–H and O–H groups in total. The van der Waals surface area contributed by atoms with Crippen molar-refractivity contribution in [1.82, 2.24) is 15.5 Å². The average molecular weight is 392 g/mol. The molecule has 1 aliphatic carbocycles. The second-order valence-electron chi connectivity index (χ2n) is 6.65. The number of hydrogen-bond donors (Lipinski definition) is 1. The predicted molar refractivity (Wildman–Crippen MR) is 94.8 cm³/mol. The van der Waals surface area contributed by atoms with Crippen molar-refractivity contribution >= 4 is 21.8 Å². The predicted octanol–water partition coefficient (Wildman–Crippen LogP) is 3.74. The van der Waals surface area contributed by atoms with Gasteiger partial charge < -0.3 is 9.84 Å². The Hall–Kier alpha value is -1.69. The molecule has 6 heteroatoms. The minimum atomic E-state index is -0.334. The van der Waals surface area contributed by atoms with Crippen molar-refractivity contribution < 1.29 is 9.32 Å². The molecule has 2 aromatic rings. The number of nitrogens with one attached hydrogen (secondary N) is 1. The number of hydrogen-bond acceptors (Lipinski definition) is 4. The van der Waals surface area contributed by atoms with Gasteiger partial charge in [0, 0.05) is 23.4 Å². The van der Waals surface area contributed by atoms with E-state index in [0.717, 1.165) is 35.1 Å². The van der Waals surface area contributed by atoms with Gasteiger partial charge >= 0.3 is 0 Å². The van der Waals surface area contributed by atoms with Crippen molar-refractivity contribution in [3.8, 4) is 0 Å². The monoisotopic (exact) mass is 391 g/mol. The molecule has 0 aliphatic heterocycles. The van der Waals surface area contributed by atoms with Crippen molar-refractivity contribution in [2.75, 3.05) is 6.54 Å². The highest BCUT2D eigenvalue weighted by Gasteiger charge is 2.51. The Labute approximate surface area is 150 Å². The summed E-state index contributed by atoms with van der Waals surface area (Å²) in [6.45, 7) is 4.69. The van der Waals surface area contributed by atoms with Crippen LogP contribution in [-0.4, -0.2) is 22.6 Å². The van der Waals surface area contributed by atoms with E-state index in [9.17, 15) is 4.79 Å². The minimum Gasteiger partial charge on any atom is -0.355 e. The Bertz CT molecular complexity index is 723. The van der Waals surface area contributed by atoms with Crippen molar-refractivity contribution in [2.24, 2.45) is 0 Å². The lowest BCUT2D eigenvalue weighted by Crippen LogP contribution is -2.35. The maximum Gasteiger partial charge on any atom is 0.230 e. The molecule has 0 unspecified atom stereocenters. The van der Waals surface area contributed by atoms with Crippen LogP contribution in [0, 0.1) is 0 Å². The second-order valence-corrected chi connectivity index (χ2v) is 7.57. The van der Waals surface area contributed by atoms with Crippen LogP contribution in [0.5, 0.6) is 0 Å². The summed E-state index contributed by atoms with van der Waals surface area (Å²) < 4.78 is 6.23. The summed E-state index contributed by atoms with van der Waals surface area (Å²) in [5.74, 6) is 1.76. The quantitative estimate of drug-likeness (QED) is 0.729. The van der Waals surface area contributed by atoms with E-state index in [0.29, 0.717) is 18.9 Å². The molecule has 1 aromatic carbocycles. The summed E-state index contributed by atoms with van der Waals surface area (Å²) >= 11 is 3.48. The molecule has 0 spiro atoms. The van der Waals surface area contributed by atoms with Crippen LogP contribution in [0.25, 0.3) is 0 Å². The molecule has 24 heavy (non-hydrogen) atoms. The highest BCUT2D eigenvalue weighted by Crippen LogP contribution is 2.48. The number of halogens is 1. The van der Waals surface area contributed by atoms with E-state index < -0.39 is 0 Å². The third kappa shape index (κ3) is 3.69. The van der Waals surface area contributed by atoms with Crippen LogP contribution in [0.15, 0.2) is 33.3 Å². The van der Waals surface area contributed by atoms with Crippen LogP contribution < -0.4 is 5.32 Å². The van der Waals surface area contributed by atoms with E-state index in [-0.39, 0.29) is 17.2 Å². The van der Waals surface area contributed by atoms with Crippen molar-refractivity contribution in [3.63, 3.8) is 0 Å². The molecule has 0 bridgehead atoms. The van der Waals surface area contributed by atoms with Gasteiger partial charge in [0.05, 0.1) is 5.41 Å². The second kappa shape index (κ2) is 7.05. The summed E-state index contributed by atoms with van der Waals surface area (Å²) in [5, 5.41) is 7.01. The van der Waals surface area contributed by atoms with Gasteiger partial charge in [-0.15, -0.1) is 0 Å². The fourth-order valence-electron chi connectivity index (χ4n) is 2.77. The zero-order valence-corrected chi connectivity index (χ0v) is 15.6. The topological polar surface area (TPSA) is 68.0 Å². The van der Waals surface area contributed by atoms with Crippen LogP contribution in [0.4, 0.5) is 0 Å². The fraction of sp³-hybridized carbons (Fsp3) is 0.500. The van der Waals surface area contributed by atoms with E-state index in [1.807, 2.05) is 38.1 Å². The Kier molecular flexibility index (Phi) is 5.04. The highest BCUT2D eigenvalue weighted by molar-refractivity contribution is 9.10. The van der Waals surface area contributed by atoms with Gasteiger partial charge in [-0.3, -0.25) is 4.79 Å². The molecule has 0 atom stereocenters. The Morgan fingerprint density at radius 3 is 2.83 bits per heavy atom. The smallest absolute Gasteiger partial charge is 0.230 e. The SMILES string of the molecule is CC(C)c1noc(CCCNC(=O)C2(c3cccc(Br)c3)CC2)n1. The Morgan fingerprint density at radius 1 is 1.42 bits per heavy atom. The molecule has 3 rings (SSSR count). The number of aryl methyl sites for hydroxylation is 1. The lowest BCUT2D eigenvalue weighted by Gasteiger charge is -2.16. The molecule has 1 aromatic heterocycles. The van der Waals surface area contributed by atoms with Crippen LogP contribution in [0.3, 0.4) is 0 Å². The molecule has 128 valence electrons. The van der Waals surface area contributed by atoms with Gasteiger partial charge in [-0.1, -0.05) is 47.1 Å². The van der Waals surface area contributed by atoms with E-state index in [1.54, 1.807) is 0 Å². The maximum absolute atomic E-state index is 12.6. The fourth-order valence-corrected chi connectivity index (χ4v) is 3.17. The number of rotatable bonds is 7. The summed E-state index contributed by atoms with van der Waals surface area (Å²) in [4.78, 5) is 16.9. The molecular formula is C18H22BrN3O2. The number of amides is 1. The third-order valence-electron chi connectivity index (χ3n) is 4.42. The number of carbonyl (C=O) groups excluding carboxylic acids is 1. The van der Waals surface area contributed by atoms with Gasteiger partial charge in [-0.2, -0.15) is 4.98 Å². The van der Waals surface area contributed by atoms with Crippen LogP contribution in [0.1, 0.15) is 56.3 Å². The molecule has 1 fully saturated rings. The minimum absolute atomic E-state index is 0.119. The number of carbonyl (C=O) groups is 1. The first-order chi connectivity index (χ1) is 11.5. The molecule has 1 aliphatic rings. The lowest BCUT2D eigenvalue weighted by atomic mass is 9.95. The molecule has 1 saturated carbocycles. The highest BCUT2D eigenvalue weighted by atomic mass is 79.9. The van der Waals surface area contributed by atoms with Crippen molar-refractivity contribution in [3.05, 3.63) is 46.0 Å². The first kappa shape index (κ1) is 17.1. The zero-order valence-electron chi connectivity index (χ0n) is 14.0. The molecule has 0 radical (unpaired) electrons. The van der Waals surface area contributed by atoms with E-state index in [2.05, 4.69) is 31.4 Å². The lowest BCUT2D eigenvalue weighted by molar-refractivity contribution is -0.123. The summed E-state index contributed by atoms with van der Waals surface area (Å²) in [7, 11) is 0. The first-order valence-electron chi connectivity index (χ1n) is 8.38. The molecule has 1 amide bonds. The molecule has 5 nitrogen and oxygen atoms in total. The number of nitrogens with zero attached hydrogens (tertiary/aromatic N) is 2. The van der Waals surface area contributed by atoms with Crippen molar-refractivity contribution in [2.45, 2.75) is 50.9 Å². The Balaban J connectivity index is 1.49. The van der Waals surface area contributed by atoms with Crippen LogP contribution in [0.2, 0.25) is 0 Å². The van der Waals surface area contributed by atoms with E-state index >= 15 is 0 Å². The summed E-state index contributed by atoms with van der Waals surface area (Å²) in [6.07, 6.45) is 3.30. The van der Waals surface area contributed by atoms with E-state index in [4.69, 9.17) is 4.52 Å². The van der Waals surface area contributed by atoms with Gasteiger partial charge in [-0.25, -0.2) is 0 Å². The van der Waals surface area contributed by atoms with Gasteiger partial charge in [0.1, 0.15) is 0 Å². The zero-order chi connectivity index (χ0) is 17.2. The maximum atomic E-state index is 12.6. The third-order valence-corrected chi connectivity index (χ3v) is 4.91. The molecule has 1 heterocycles. The van der Waals surface area contributed by atoms with Gasteiger partial charge in [-0.05, 0) is 37.0 Å². The standard InChI is InChI=1S/C18H22BrN3O2/c1-12(2)16-21-15(24-22-16)7-4-10-20-17(23)18(8-9-18)13-5-3-6-14(19)11-13/h3,5-6,11-12H,4,7-10H2,1-2H3,(H,20,23). The number of aromatic nitrogens is 2. The molecular weight excluding hydrogens is 370 g/mol. The average Bonchev–Trinajstić information content (AvgIpc) is 3.23. The normalized spacial score (nSPS) is 15.5. The van der Waals surface area contributed by atoms with Crippen LogP contribution in [-0.2, 0) is 16.6 Å². The summed E-state index contributed by atoms with van der Waals surface area (Å²) in [6, 6.07) is 8.03. The van der Waals surface area contributed by atoms with Crippen LogP contribution >= 0.6 is 15.9 Å². The largest absolute Gasteiger partial charge is 0.355 e. The Morgan fingerprint density at radius 2 is 2.21 bits per heavy atom.